The fraction of sp³-hybridized carbons (Fsp3) is 0.278. The summed E-state index contributed by atoms with van der Waals surface area (Å²) in [6.45, 7) is 5.32. The van der Waals surface area contributed by atoms with Gasteiger partial charge in [0.25, 0.3) is 5.91 Å². The Bertz CT molecular complexity index is 686. The highest BCUT2D eigenvalue weighted by molar-refractivity contribution is 6.42. The number of amides is 1. The number of rotatable bonds is 6. The molecule has 2 aromatic rings. The van der Waals surface area contributed by atoms with E-state index < -0.39 is 0 Å². The topological polar surface area (TPSA) is 41.1 Å². The number of hydrogen-bond donors (Lipinski definition) is 2. The van der Waals surface area contributed by atoms with E-state index in [9.17, 15) is 4.79 Å². The molecule has 2 N–H and O–H groups in total. The average Bonchev–Trinajstić information content (AvgIpc) is 2.54. The number of anilines is 1. The van der Waals surface area contributed by atoms with Crippen molar-refractivity contribution < 1.29 is 4.79 Å². The van der Waals surface area contributed by atoms with Crippen LogP contribution >= 0.6 is 23.2 Å². The van der Waals surface area contributed by atoms with E-state index in [1.54, 1.807) is 12.1 Å². The Balaban J connectivity index is 2.02. The maximum Gasteiger partial charge on any atom is 0.251 e. The zero-order valence-electron chi connectivity index (χ0n) is 13.2. The lowest BCUT2D eigenvalue weighted by atomic mass is 10.1. The Kier molecular flexibility index (Phi) is 6.31. The smallest absolute Gasteiger partial charge is 0.251 e. The van der Waals surface area contributed by atoms with Crippen LogP contribution in [-0.4, -0.2) is 12.5 Å². The molecule has 2 rings (SSSR count). The van der Waals surface area contributed by atoms with Gasteiger partial charge in [0, 0.05) is 24.3 Å². The van der Waals surface area contributed by atoms with Crippen molar-refractivity contribution in [1.82, 2.24) is 5.32 Å². The number of nitrogens with one attached hydrogen (secondary N) is 2. The molecule has 122 valence electrons. The van der Waals surface area contributed by atoms with Crippen molar-refractivity contribution in [1.29, 1.82) is 0 Å². The van der Waals surface area contributed by atoms with Crippen LogP contribution in [0, 0.1) is 5.92 Å². The lowest BCUT2D eigenvalue weighted by molar-refractivity contribution is 0.0949. The molecule has 5 heteroatoms. The minimum absolute atomic E-state index is 0.0665. The Morgan fingerprint density at radius 1 is 1.13 bits per heavy atom. The van der Waals surface area contributed by atoms with Gasteiger partial charge in [-0.25, -0.2) is 0 Å². The van der Waals surface area contributed by atoms with Gasteiger partial charge in [-0.2, -0.15) is 0 Å². The molecule has 0 atom stereocenters. The standard InChI is InChI=1S/C18H20Cl2N2O/c1-12(2)10-22-18(23)13-5-3-7-15(9-13)21-11-14-6-4-8-16(19)17(14)20/h3-9,12,21H,10-11H2,1-2H3,(H,22,23). The van der Waals surface area contributed by atoms with Crippen LogP contribution in [0.3, 0.4) is 0 Å². The van der Waals surface area contributed by atoms with Crippen molar-refractivity contribution in [3.8, 4) is 0 Å². The Morgan fingerprint density at radius 3 is 2.61 bits per heavy atom. The fourth-order valence-corrected chi connectivity index (χ4v) is 2.44. The van der Waals surface area contributed by atoms with Crippen LogP contribution in [0.2, 0.25) is 10.0 Å². The number of halogens is 2. The highest BCUT2D eigenvalue weighted by Gasteiger charge is 2.08. The van der Waals surface area contributed by atoms with Gasteiger partial charge in [0.05, 0.1) is 10.0 Å². The van der Waals surface area contributed by atoms with E-state index in [-0.39, 0.29) is 5.91 Å². The molecule has 0 spiro atoms. The molecule has 1 amide bonds. The largest absolute Gasteiger partial charge is 0.381 e. The summed E-state index contributed by atoms with van der Waals surface area (Å²) in [4.78, 5) is 12.1. The third kappa shape index (κ3) is 5.15. The van der Waals surface area contributed by atoms with E-state index in [1.165, 1.54) is 0 Å². The van der Waals surface area contributed by atoms with Crippen molar-refractivity contribution in [3.05, 3.63) is 63.6 Å². The van der Waals surface area contributed by atoms with E-state index in [0.29, 0.717) is 34.6 Å². The SMILES string of the molecule is CC(C)CNC(=O)c1cccc(NCc2cccc(Cl)c2Cl)c1. The van der Waals surface area contributed by atoms with Crippen LogP contribution in [-0.2, 0) is 6.54 Å². The first-order valence-corrected chi connectivity index (χ1v) is 8.28. The number of benzene rings is 2. The first-order valence-electron chi connectivity index (χ1n) is 7.52. The third-order valence-corrected chi connectivity index (χ3v) is 4.17. The molecule has 0 aliphatic rings. The summed E-state index contributed by atoms with van der Waals surface area (Å²) < 4.78 is 0. The quantitative estimate of drug-likeness (QED) is 0.770. The van der Waals surface area contributed by atoms with E-state index in [0.717, 1.165) is 11.3 Å². The van der Waals surface area contributed by atoms with Crippen LogP contribution in [0.5, 0.6) is 0 Å². The molecule has 0 fully saturated rings. The monoisotopic (exact) mass is 350 g/mol. The van der Waals surface area contributed by atoms with Crippen LogP contribution in [0.4, 0.5) is 5.69 Å². The summed E-state index contributed by atoms with van der Waals surface area (Å²) >= 11 is 12.2. The Hall–Kier alpha value is -1.71. The Morgan fingerprint density at radius 2 is 1.87 bits per heavy atom. The van der Waals surface area contributed by atoms with Crippen molar-refractivity contribution >= 4 is 34.8 Å². The van der Waals surface area contributed by atoms with Gasteiger partial charge in [0.15, 0.2) is 0 Å². The second kappa shape index (κ2) is 8.23. The molecule has 0 saturated carbocycles. The number of carbonyl (C=O) groups is 1. The molecule has 0 saturated heterocycles. The van der Waals surface area contributed by atoms with Crippen LogP contribution < -0.4 is 10.6 Å². The van der Waals surface area contributed by atoms with Crippen molar-refractivity contribution in [3.63, 3.8) is 0 Å². The first kappa shape index (κ1) is 17.6. The lowest BCUT2D eigenvalue weighted by Gasteiger charge is -2.11. The number of hydrogen-bond acceptors (Lipinski definition) is 2. The van der Waals surface area contributed by atoms with E-state index in [2.05, 4.69) is 24.5 Å². The van der Waals surface area contributed by atoms with Gasteiger partial charge in [-0.1, -0.05) is 55.2 Å². The molecular weight excluding hydrogens is 331 g/mol. The van der Waals surface area contributed by atoms with Crippen LogP contribution in [0.1, 0.15) is 29.8 Å². The fourth-order valence-electron chi connectivity index (χ4n) is 2.05. The lowest BCUT2D eigenvalue weighted by Crippen LogP contribution is -2.27. The summed E-state index contributed by atoms with van der Waals surface area (Å²) in [5.74, 6) is 0.355. The molecule has 0 radical (unpaired) electrons. The second-order valence-electron chi connectivity index (χ2n) is 5.75. The minimum atomic E-state index is -0.0665. The maximum atomic E-state index is 12.1. The maximum absolute atomic E-state index is 12.1. The summed E-state index contributed by atoms with van der Waals surface area (Å²) in [6, 6.07) is 12.9. The van der Waals surface area contributed by atoms with E-state index in [1.807, 2.05) is 30.3 Å². The van der Waals surface area contributed by atoms with Crippen molar-refractivity contribution in [2.45, 2.75) is 20.4 Å². The third-order valence-electron chi connectivity index (χ3n) is 3.31. The molecule has 0 aromatic heterocycles. The van der Waals surface area contributed by atoms with Crippen molar-refractivity contribution in [2.24, 2.45) is 5.92 Å². The summed E-state index contributed by atoms with van der Waals surface area (Å²) in [7, 11) is 0. The molecule has 0 aliphatic heterocycles. The van der Waals surface area contributed by atoms with Gasteiger partial charge in [0.2, 0.25) is 0 Å². The van der Waals surface area contributed by atoms with Gasteiger partial charge in [-0.15, -0.1) is 0 Å². The molecular formula is C18H20Cl2N2O. The van der Waals surface area contributed by atoms with Gasteiger partial charge in [-0.05, 0) is 35.7 Å². The second-order valence-corrected chi connectivity index (χ2v) is 6.54. The summed E-state index contributed by atoms with van der Waals surface area (Å²) in [5.41, 5.74) is 2.40. The summed E-state index contributed by atoms with van der Waals surface area (Å²) in [5, 5.41) is 7.26. The number of carbonyl (C=O) groups excluding carboxylic acids is 1. The van der Waals surface area contributed by atoms with Gasteiger partial charge >= 0.3 is 0 Å². The predicted molar refractivity (Wildman–Crippen MR) is 97.4 cm³/mol. The van der Waals surface area contributed by atoms with E-state index >= 15 is 0 Å². The molecule has 0 unspecified atom stereocenters. The zero-order chi connectivity index (χ0) is 16.8. The molecule has 23 heavy (non-hydrogen) atoms. The highest BCUT2D eigenvalue weighted by Crippen LogP contribution is 2.26. The Labute approximate surface area is 147 Å². The highest BCUT2D eigenvalue weighted by atomic mass is 35.5. The van der Waals surface area contributed by atoms with E-state index in [4.69, 9.17) is 23.2 Å². The van der Waals surface area contributed by atoms with Crippen molar-refractivity contribution in [2.75, 3.05) is 11.9 Å². The molecule has 3 nitrogen and oxygen atoms in total. The average molecular weight is 351 g/mol. The molecule has 2 aromatic carbocycles. The zero-order valence-corrected chi connectivity index (χ0v) is 14.7. The molecule has 0 bridgehead atoms. The molecule has 0 aliphatic carbocycles. The molecule has 0 heterocycles. The van der Waals surface area contributed by atoms with Crippen LogP contribution in [0.25, 0.3) is 0 Å². The summed E-state index contributed by atoms with van der Waals surface area (Å²) in [6.07, 6.45) is 0. The van der Waals surface area contributed by atoms with Gasteiger partial charge in [-0.3, -0.25) is 4.79 Å². The van der Waals surface area contributed by atoms with Gasteiger partial charge in [0.1, 0.15) is 0 Å². The first-order chi connectivity index (χ1) is 11.0. The predicted octanol–water partition coefficient (Wildman–Crippen LogP) is 4.99. The van der Waals surface area contributed by atoms with Gasteiger partial charge < -0.3 is 10.6 Å². The van der Waals surface area contributed by atoms with Crippen LogP contribution in [0.15, 0.2) is 42.5 Å². The minimum Gasteiger partial charge on any atom is -0.381 e. The normalized spacial score (nSPS) is 10.7.